The van der Waals surface area contributed by atoms with E-state index < -0.39 is 17.3 Å². The number of hydrogen-bond acceptors (Lipinski definition) is 4. The molecule has 8 heteroatoms. The topological polar surface area (TPSA) is 67.9 Å². The van der Waals surface area contributed by atoms with E-state index in [2.05, 4.69) is 5.10 Å². The minimum absolute atomic E-state index is 0.114. The van der Waals surface area contributed by atoms with Crippen molar-refractivity contribution >= 4 is 0 Å². The van der Waals surface area contributed by atoms with Crippen LogP contribution >= 0.6 is 0 Å². The molecule has 0 unspecified atom stereocenters. The summed E-state index contributed by atoms with van der Waals surface area (Å²) in [6, 6.07) is 9.10. The molecule has 2 aromatic rings. The first-order valence-corrected chi connectivity index (χ1v) is 7.52. The maximum absolute atomic E-state index is 13.1. The van der Waals surface area contributed by atoms with Crippen molar-refractivity contribution in [2.24, 2.45) is 0 Å². The van der Waals surface area contributed by atoms with E-state index in [1.54, 1.807) is 30.3 Å². The molecule has 0 N–H and O–H groups in total. The molecule has 2 rings (SSSR count). The second-order valence-electron chi connectivity index (χ2n) is 5.62. The maximum Gasteiger partial charge on any atom is 0.421 e. The Labute approximate surface area is 142 Å². The van der Waals surface area contributed by atoms with Crippen LogP contribution in [0.5, 0.6) is 5.75 Å². The zero-order valence-electron chi connectivity index (χ0n) is 13.7. The molecule has 0 radical (unpaired) electrons. The summed E-state index contributed by atoms with van der Waals surface area (Å²) in [7, 11) is 0. The SMILES string of the molecule is CC(C)Oc1ccccc1Cn1nc(CC#N)cc(C(F)(F)F)c1=O. The highest BCUT2D eigenvalue weighted by atomic mass is 19.4. The van der Waals surface area contributed by atoms with Crippen molar-refractivity contribution < 1.29 is 17.9 Å². The van der Waals surface area contributed by atoms with E-state index in [1.165, 1.54) is 0 Å². The number of ether oxygens (including phenoxy) is 1. The van der Waals surface area contributed by atoms with Gasteiger partial charge < -0.3 is 4.74 Å². The van der Waals surface area contributed by atoms with Crippen LogP contribution in [0.4, 0.5) is 13.2 Å². The van der Waals surface area contributed by atoms with Crippen LogP contribution in [0.2, 0.25) is 0 Å². The van der Waals surface area contributed by atoms with Crippen molar-refractivity contribution in [1.82, 2.24) is 9.78 Å². The van der Waals surface area contributed by atoms with Gasteiger partial charge >= 0.3 is 6.18 Å². The van der Waals surface area contributed by atoms with Crippen molar-refractivity contribution in [2.45, 2.75) is 39.1 Å². The van der Waals surface area contributed by atoms with Gasteiger partial charge in [-0.2, -0.15) is 23.5 Å². The van der Waals surface area contributed by atoms with Crippen LogP contribution in [0, 0.1) is 11.3 Å². The standard InChI is InChI=1S/C17H16F3N3O2/c1-11(2)25-15-6-4-3-5-12(15)10-23-16(24)14(17(18,19)20)9-13(22-23)7-8-21/h3-6,9,11H,7,10H2,1-2H3. The van der Waals surface area contributed by atoms with E-state index in [0.717, 1.165) is 4.68 Å². The Morgan fingerprint density at radius 2 is 2.00 bits per heavy atom. The predicted molar refractivity (Wildman–Crippen MR) is 84.1 cm³/mol. The molecule has 0 atom stereocenters. The third kappa shape index (κ3) is 4.59. The largest absolute Gasteiger partial charge is 0.491 e. The van der Waals surface area contributed by atoms with E-state index >= 15 is 0 Å². The predicted octanol–water partition coefficient (Wildman–Crippen LogP) is 3.16. The lowest BCUT2D eigenvalue weighted by molar-refractivity contribution is -0.139. The van der Waals surface area contributed by atoms with Crippen LogP contribution < -0.4 is 10.3 Å². The van der Waals surface area contributed by atoms with Gasteiger partial charge in [0.25, 0.3) is 5.56 Å². The van der Waals surface area contributed by atoms with Crippen molar-refractivity contribution in [3.63, 3.8) is 0 Å². The van der Waals surface area contributed by atoms with Gasteiger partial charge in [-0.3, -0.25) is 4.79 Å². The van der Waals surface area contributed by atoms with Gasteiger partial charge in [0, 0.05) is 5.56 Å². The fraction of sp³-hybridized carbons (Fsp3) is 0.353. The molecule has 0 saturated carbocycles. The molecular formula is C17H16F3N3O2. The molecule has 25 heavy (non-hydrogen) atoms. The average Bonchev–Trinajstić information content (AvgIpc) is 2.51. The Bertz CT molecular complexity index is 851. The van der Waals surface area contributed by atoms with Gasteiger partial charge in [-0.1, -0.05) is 18.2 Å². The maximum atomic E-state index is 13.1. The van der Waals surface area contributed by atoms with E-state index in [9.17, 15) is 18.0 Å². The first-order chi connectivity index (χ1) is 11.7. The summed E-state index contributed by atoms with van der Waals surface area (Å²) in [5.41, 5.74) is -2.19. The lowest BCUT2D eigenvalue weighted by Gasteiger charge is -2.16. The second-order valence-corrected chi connectivity index (χ2v) is 5.62. The molecule has 0 fully saturated rings. The molecule has 0 aliphatic rings. The average molecular weight is 351 g/mol. The number of benzene rings is 1. The Hall–Kier alpha value is -2.82. The molecule has 0 amide bonds. The van der Waals surface area contributed by atoms with E-state index in [0.29, 0.717) is 17.4 Å². The number of aromatic nitrogens is 2. The summed E-state index contributed by atoms with van der Waals surface area (Å²) in [5, 5.41) is 12.6. The molecule has 0 saturated heterocycles. The molecule has 1 heterocycles. The normalized spacial score (nSPS) is 11.4. The third-order valence-corrected chi connectivity index (χ3v) is 3.25. The van der Waals surface area contributed by atoms with Crippen molar-refractivity contribution in [2.75, 3.05) is 0 Å². The van der Waals surface area contributed by atoms with Crippen molar-refractivity contribution in [1.29, 1.82) is 5.26 Å². The number of nitrogens with zero attached hydrogens (tertiary/aromatic N) is 3. The molecule has 0 aliphatic carbocycles. The quantitative estimate of drug-likeness (QED) is 0.830. The summed E-state index contributed by atoms with van der Waals surface area (Å²) in [4.78, 5) is 12.2. The van der Waals surface area contributed by atoms with Crippen LogP contribution in [-0.2, 0) is 19.1 Å². The minimum atomic E-state index is -4.82. The first kappa shape index (κ1) is 18.5. The summed E-state index contributed by atoms with van der Waals surface area (Å²) < 4.78 is 45.6. The van der Waals surface area contributed by atoms with Gasteiger partial charge in [-0.25, -0.2) is 4.68 Å². The smallest absolute Gasteiger partial charge is 0.421 e. The molecule has 1 aromatic heterocycles. The van der Waals surface area contributed by atoms with Crippen LogP contribution in [0.15, 0.2) is 35.1 Å². The zero-order valence-corrected chi connectivity index (χ0v) is 13.7. The molecule has 0 spiro atoms. The fourth-order valence-corrected chi connectivity index (χ4v) is 2.24. The van der Waals surface area contributed by atoms with Crippen LogP contribution in [0.25, 0.3) is 0 Å². The van der Waals surface area contributed by atoms with Crippen LogP contribution in [-0.4, -0.2) is 15.9 Å². The second kappa shape index (κ2) is 7.38. The Morgan fingerprint density at radius 3 is 2.60 bits per heavy atom. The molecule has 1 aromatic carbocycles. The van der Waals surface area contributed by atoms with Crippen molar-refractivity contribution in [3.05, 3.63) is 57.5 Å². The minimum Gasteiger partial charge on any atom is -0.491 e. The third-order valence-electron chi connectivity index (χ3n) is 3.25. The summed E-state index contributed by atoms with van der Waals surface area (Å²) in [6.45, 7) is 3.44. The van der Waals surface area contributed by atoms with Gasteiger partial charge in [-0.15, -0.1) is 0 Å². The highest BCUT2D eigenvalue weighted by molar-refractivity contribution is 5.34. The summed E-state index contributed by atoms with van der Waals surface area (Å²) in [5.74, 6) is 0.463. The summed E-state index contributed by atoms with van der Waals surface area (Å²) in [6.07, 6.45) is -5.28. The van der Waals surface area contributed by atoms with E-state index in [1.807, 2.05) is 13.8 Å². The number of nitriles is 1. The van der Waals surface area contributed by atoms with Crippen molar-refractivity contribution in [3.8, 4) is 11.8 Å². The van der Waals surface area contributed by atoms with Gasteiger partial charge in [0.05, 0.1) is 30.8 Å². The number of para-hydroxylation sites is 1. The molecular weight excluding hydrogens is 335 g/mol. The van der Waals surface area contributed by atoms with Crippen LogP contribution in [0.1, 0.15) is 30.7 Å². The Kier molecular flexibility index (Phi) is 5.47. The van der Waals surface area contributed by atoms with Crippen LogP contribution in [0.3, 0.4) is 0 Å². The fourth-order valence-electron chi connectivity index (χ4n) is 2.24. The van der Waals surface area contributed by atoms with E-state index in [-0.39, 0.29) is 24.8 Å². The number of hydrogen-bond donors (Lipinski definition) is 0. The lowest BCUT2D eigenvalue weighted by atomic mass is 10.2. The Morgan fingerprint density at radius 1 is 1.32 bits per heavy atom. The Balaban J connectivity index is 2.52. The molecule has 132 valence electrons. The zero-order chi connectivity index (χ0) is 18.6. The van der Waals surface area contributed by atoms with Gasteiger partial charge in [0.15, 0.2) is 0 Å². The molecule has 0 bridgehead atoms. The van der Waals surface area contributed by atoms with Gasteiger partial charge in [0.2, 0.25) is 0 Å². The molecule has 0 aliphatic heterocycles. The first-order valence-electron chi connectivity index (χ1n) is 7.52. The lowest BCUT2D eigenvalue weighted by Crippen LogP contribution is -2.32. The van der Waals surface area contributed by atoms with Gasteiger partial charge in [0.1, 0.15) is 11.3 Å². The number of halogens is 3. The highest BCUT2D eigenvalue weighted by Gasteiger charge is 2.35. The summed E-state index contributed by atoms with van der Waals surface area (Å²) >= 11 is 0. The van der Waals surface area contributed by atoms with E-state index in [4.69, 9.17) is 10.00 Å². The monoisotopic (exact) mass is 351 g/mol. The highest BCUT2D eigenvalue weighted by Crippen LogP contribution is 2.27. The molecule has 5 nitrogen and oxygen atoms in total. The number of alkyl halides is 3. The van der Waals surface area contributed by atoms with Gasteiger partial charge in [-0.05, 0) is 26.0 Å². The number of rotatable bonds is 5.